The first-order valence-electron chi connectivity index (χ1n) is 5.33. The summed E-state index contributed by atoms with van der Waals surface area (Å²) < 4.78 is 5.13. The molecule has 2 rings (SSSR count). The third-order valence-electron chi connectivity index (χ3n) is 2.02. The van der Waals surface area contributed by atoms with Gasteiger partial charge in [-0.3, -0.25) is 9.59 Å². The SMILES string of the molecule is Brc1cccc2ccccc12.CC(=O)OC(C)=O. The van der Waals surface area contributed by atoms with Crippen LogP contribution in [0.2, 0.25) is 0 Å². The van der Waals surface area contributed by atoms with E-state index in [1.807, 2.05) is 12.1 Å². The molecule has 94 valence electrons. The number of ether oxygens (including phenoxy) is 1. The Kier molecular flexibility index (Phi) is 5.52. The zero-order valence-corrected chi connectivity index (χ0v) is 11.7. The Morgan fingerprint density at radius 3 is 2.00 bits per heavy atom. The second-order valence-corrected chi connectivity index (χ2v) is 4.40. The number of carbonyl (C=O) groups excluding carboxylic acids is 2. The molecule has 4 heteroatoms. The molecule has 0 fully saturated rings. The van der Waals surface area contributed by atoms with Gasteiger partial charge < -0.3 is 4.74 Å². The van der Waals surface area contributed by atoms with Gasteiger partial charge in [-0.2, -0.15) is 0 Å². The standard InChI is InChI=1S/C10H7Br.C4H6O3/c11-10-7-3-5-8-4-1-2-6-9(8)10;1-3(5)7-4(2)6/h1-7H;1-2H3. The predicted octanol–water partition coefficient (Wildman–Crippen LogP) is 3.70. The molecule has 3 nitrogen and oxygen atoms in total. The van der Waals surface area contributed by atoms with Crippen LogP contribution < -0.4 is 0 Å². The molecule has 0 bridgehead atoms. The minimum atomic E-state index is -0.562. The van der Waals surface area contributed by atoms with Crippen LogP contribution in [0.4, 0.5) is 0 Å². The summed E-state index contributed by atoms with van der Waals surface area (Å²) in [5.41, 5.74) is 0. The minimum Gasteiger partial charge on any atom is -0.394 e. The van der Waals surface area contributed by atoms with Crippen LogP contribution in [0.15, 0.2) is 46.9 Å². The molecular weight excluding hydrogens is 296 g/mol. The fraction of sp³-hybridized carbons (Fsp3) is 0.143. The predicted molar refractivity (Wildman–Crippen MR) is 74.1 cm³/mol. The second kappa shape index (κ2) is 6.91. The van der Waals surface area contributed by atoms with Crippen LogP contribution in [0.5, 0.6) is 0 Å². The molecule has 0 aliphatic rings. The van der Waals surface area contributed by atoms with Crippen LogP contribution in [-0.2, 0) is 14.3 Å². The molecule has 2 aromatic carbocycles. The lowest BCUT2D eigenvalue weighted by Gasteiger charge is -1.97. The first-order valence-corrected chi connectivity index (χ1v) is 6.12. The molecule has 0 aliphatic carbocycles. The Labute approximate surface area is 114 Å². The number of esters is 2. The smallest absolute Gasteiger partial charge is 0.310 e. The van der Waals surface area contributed by atoms with E-state index < -0.39 is 11.9 Å². The van der Waals surface area contributed by atoms with E-state index in [0.717, 1.165) is 4.47 Å². The van der Waals surface area contributed by atoms with E-state index in [1.165, 1.54) is 24.6 Å². The Morgan fingerprint density at radius 1 is 0.944 bits per heavy atom. The number of fused-ring (bicyclic) bond motifs is 1. The van der Waals surface area contributed by atoms with Crippen molar-refractivity contribution in [3.8, 4) is 0 Å². The van der Waals surface area contributed by atoms with E-state index in [-0.39, 0.29) is 0 Å². The van der Waals surface area contributed by atoms with Gasteiger partial charge in [0.2, 0.25) is 0 Å². The molecular formula is C14H13BrO3. The number of hydrogen-bond acceptors (Lipinski definition) is 3. The molecule has 0 unspecified atom stereocenters. The summed E-state index contributed by atoms with van der Waals surface area (Å²) in [6, 6.07) is 14.5. The molecule has 0 saturated heterocycles. The van der Waals surface area contributed by atoms with Crippen molar-refractivity contribution in [2.45, 2.75) is 13.8 Å². The Hall–Kier alpha value is -1.68. The van der Waals surface area contributed by atoms with Crippen LogP contribution in [-0.4, -0.2) is 11.9 Å². The molecule has 0 saturated carbocycles. The summed E-state index contributed by atoms with van der Waals surface area (Å²) in [5, 5.41) is 2.55. The van der Waals surface area contributed by atoms with Crippen molar-refractivity contribution in [3.05, 3.63) is 46.9 Å². The first kappa shape index (κ1) is 14.4. The van der Waals surface area contributed by atoms with Crippen LogP contribution in [0.25, 0.3) is 10.8 Å². The van der Waals surface area contributed by atoms with Gasteiger partial charge in [-0.1, -0.05) is 52.3 Å². The van der Waals surface area contributed by atoms with Gasteiger partial charge >= 0.3 is 11.9 Å². The van der Waals surface area contributed by atoms with Gasteiger partial charge in [0, 0.05) is 18.3 Å². The average molecular weight is 309 g/mol. The quantitative estimate of drug-likeness (QED) is 0.550. The third-order valence-corrected chi connectivity index (χ3v) is 2.72. The number of carbonyl (C=O) groups is 2. The van der Waals surface area contributed by atoms with Gasteiger partial charge in [-0.15, -0.1) is 0 Å². The van der Waals surface area contributed by atoms with Gasteiger partial charge in [0.25, 0.3) is 0 Å². The van der Waals surface area contributed by atoms with E-state index in [1.54, 1.807) is 0 Å². The van der Waals surface area contributed by atoms with Crippen LogP contribution in [0, 0.1) is 0 Å². The highest BCUT2D eigenvalue weighted by Gasteiger charge is 1.94. The van der Waals surface area contributed by atoms with Gasteiger partial charge in [0.05, 0.1) is 0 Å². The highest BCUT2D eigenvalue weighted by molar-refractivity contribution is 9.10. The molecule has 2 aromatic rings. The van der Waals surface area contributed by atoms with Gasteiger partial charge in [-0.25, -0.2) is 0 Å². The van der Waals surface area contributed by atoms with E-state index in [4.69, 9.17) is 0 Å². The minimum absolute atomic E-state index is 0.562. The first-order chi connectivity index (χ1) is 8.50. The van der Waals surface area contributed by atoms with Crippen LogP contribution >= 0.6 is 15.9 Å². The summed E-state index contributed by atoms with van der Waals surface area (Å²) >= 11 is 3.50. The van der Waals surface area contributed by atoms with E-state index in [0.29, 0.717) is 0 Å². The van der Waals surface area contributed by atoms with Gasteiger partial charge in [0.1, 0.15) is 0 Å². The number of hydrogen-bond donors (Lipinski definition) is 0. The van der Waals surface area contributed by atoms with E-state index >= 15 is 0 Å². The summed E-state index contributed by atoms with van der Waals surface area (Å²) in [6.07, 6.45) is 0. The fourth-order valence-electron chi connectivity index (χ4n) is 1.39. The monoisotopic (exact) mass is 308 g/mol. The molecule has 0 aromatic heterocycles. The molecule has 0 radical (unpaired) electrons. The number of halogens is 1. The van der Waals surface area contributed by atoms with Gasteiger partial charge in [0.15, 0.2) is 0 Å². The van der Waals surface area contributed by atoms with Gasteiger partial charge in [-0.05, 0) is 16.8 Å². The Balaban J connectivity index is 0.000000203. The van der Waals surface area contributed by atoms with Crippen LogP contribution in [0.1, 0.15) is 13.8 Å². The third kappa shape index (κ3) is 4.67. The van der Waals surface area contributed by atoms with Crippen molar-refractivity contribution in [3.63, 3.8) is 0 Å². The second-order valence-electron chi connectivity index (χ2n) is 3.55. The maximum Gasteiger partial charge on any atom is 0.310 e. The zero-order chi connectivity index (χ0) is 13.5. The zero-order valence-electron chi connectivity index (χ0n) is 10.1. The van der Waals surface area contributed by atoms with Crippen molar-refractivity contribution in [1.29, 1.82) is 0 Å². The highest BCUT2D eigenvalue weighted by atomic mass is 79.9. The molecule has 0 amide bonds. The summed E-state index contributed by atoms with van der Waals surface area (Å²) in [5.74, 6) is -1.12. The Bertz CT molecular complexity index is 546. The van der Waals surface area contributed by atoms with Crippen molar-refractivity contribution in [2.75, 3.05) is 0 Å². The normalized spacial score (nSPS) is 9.28. The van der Waals surface area contributed by atoms with Crippen molar-refractivity contribution in [1.82, 2.24) is 0 Å². The maximum absolute atomic E-state index is 9.81. The molecule has 0 N–H and O–H groups in total. The largest absolute Gasteiger partial charge is 0.394 e. The summed E-state index contributed by atoms with van der Waals surface area (Å²) in [7, 11) is 0. The molecule has 18 heavy (non-hydrogen) atoms. The van der Waals surface area contributed by atoms with Crippen molar-refractivity contribution >= 4 is 38.6 Å². The lowest BCUT2D eigenvalue weighted by molar-refractivity contribution is -0.156. The summed E-state index contributed by atoms with van der Waals surface area (Å²) in [6.45, 7) is 2.36. The molecule has 0 aliphatic heterocycles. The number of benzene rings is 2. The molecule has 0 heterocycles. The lowest BCUT2D eigenvalue weighted by Crippen LogP contribution is -2.03. The highest BCUT2D eigenvalue weighted by Crippen LogP contribution is 2.22. The molecule has 0 atom stereocenters. The van der Waals surface area contributed by atoms with E-state index in [2.05, 4.69) is 51.0 Å². The number of rotatable bonds is 0. The van der Waals surface area contributed by atoms with Crippen molar-refractivity contribution in [2.24, 2.45) is 0 Å². The van der Waals surface area contributed by atoms with Crippen molar-refractivity contribution < 1.29 is 14.3 Å². The maximum atomic E-state index is 9.81. The summed E-state index contributed by atoms with van der Waals surface area (Å²) in [4.78, 5) is 19.6. The average Bonchev–Trinajstić information content (AvgIpc) is 2.29. The Morgan fingerprint density at radius 2 is 1.50 bits per heavy atom. The van der Waals surface area contributed by atoms with Crippen LogP contribution in [0.3, 0.4) is 0 Å². The molecule has 0 spiro atoms. The lowest BCUT2D eigenvalue weighted by atomic mass is 10.1. The topological polar surface area (TPSA) is 43.4 Å². The van der Waals surface area contributed by atoms with E-state index in [9.17, 15) is 9.59 Å². The fourth-order valence-corrected chi connectivity index (χ4v) is 1.90.